The maximum atomic E-state index is 5.90. The van der Waals surface area contributed by atoms with E-state index in [-0.39, 0.29) is 0 Å². The van der Waals surface area contributed by atoms with Crippen molar-refractivity contribution in [3.8, 4) is 0 Å². The predicted octanol–water partition coefficient (Wildman–Crippen LogP) is 4.00. The minimum atomic E-state index is 0.621. The molecule has 1 aliphatic heterocycles. The maximum absolute atomic E-state index is 5.90. The summed E-state index contributed by atoms with van der Waals surface area (Å²) in [6.45, 7) is 1.75. The SMILES string of the molecule is Clc1ccc(C2CCOCC2)c(Br)c1. The molecule has 76 valence electrons. The summed E-state index contributed by atoms with van der Waals surface area (Å²) in [5.74, 6) is 0.621. The molecule has 0 unspecified atom stereocenters. The van der Waals surface area contributed by atoms with Gasteiger partial charge in [0.15, 0.2) is 0 Å². The van der Waals surface area contributed by atoms with E-state index >= 15 is 0 Å². The first-order valence-corrected chi connectivity index (χ1v) is 5.97. The summed E-state index contributed by atoms with van der Waals surface area (Å²) in [7, 11) is 0. The molecule has 0 aromatic heterocycles. The van der Waals surface area contributed by atoms with Crippen molar-refractivity contribution in [2.45, 2.75) is 18.8 Å². The molecule has 0 aliphatic carbocycles. The van der Waals surface area contributed by atoms with Crippen molar-refractivity contribution >= 4 is 27.5 Å². The summed E-state index contributed by atoms with van der Waals surface area (Å²) < 4.78 is 6.47. The number of ether oxygens (including phenoxy) is 1. The van der Waals surface area contributed by atoms with Crippen molar-refractivity contribution in [3.63, 3.8) is 0 Å². The number of hydrogen-bond donors (Lipinski definition) is 0. The molecule has 0 atom stereocenters. The third kappa shape index (κ3) is 2.30. The van der Waals surface area contributed by atoms with E-state index < -0.39 is 0 Å². The Morgan fingerprint density at radius 1 is 1.29 bits per heavy atom. The Balaban J connectivity index is 2.22. The molecule has 1 nitrogen and oxygen atoms in total. The number of rotatable bonds is 1. The van der Waals surface area contributed by atoms with E-state index in [1.54, 1.807) is 0 Å². The van der Waals surface area contributed by atoms with E-state index in [4.69, 9.17) is 16.3 Å². The van der Waals surface area contributed by atoms with Crippen LogP contribution in [0, 0.1) is 0 Å². The van der Waals surface area contributed by atoms with Crippen LogP contribution in [0.4, 0.5) is 0 Å². The van der Waals surface area contributed by atoms with Gasteiger partial charge in [0.2, 0.25) is 0 Å². The van der Waals surface area contributed by atoms with E-state index in [2.05, 4.69) is 22.0 Å². The first-order valence-electron chi connectivity index (χ1n) is 4.80. The molecule has 14 heavy (non-hydrogen) atoms. The topological polar surface area (TPSA) is 9.23 Å². The van der Waals surface area contributed by atoms with Crippen LogP contribution in [-0.4, -0.2) is 13.2 Å². The fraction of sp³-hybridized carbons (Fsp3) is 0.455. The summed E-state index contributed by atoms with van der Waals surface area (Å²) in [6, 6.07) is 6.03. The van der Waals surface area contributed by atoms with Gasteiger partial charge >= 0.3 is 0 Å². The Morgan fingerprint density at radius 2 is 2.00 bits per heavy atom. The Labute approximate surface area is 97.5 Å². The average Bonchev–Trinajstić information content (AvgIpc) is 2.19. The van der Waals surface area contributed by atoms with E-state index in [1.165, 1.54) is 5.56 Å². The average molecular weight is 276 g/mol. The van der Waals surface area contributed by atoms with Crippen LogP contribution in [0.25, 0.3) is 0 Å². The zero-order valence-electron chi connectivity index (χ0n) is 7.80. The number of hydrogen-bond acceptors (Lipinski definition) is 1. The van der Waals surface area contributed by atoms with Gasteiger partial charge in [-0.15, -0.1) is 0 Å². The first-order chi connectivity index (χ1) is 6.77. The second-order valence-corrected chi connectivity index (χ2v) is 4.84. The highest BCUT2D eigenvalue weighted by molar-refractivity contribution is 9.10. The molecule has 1 heterocycles. The molecule has 0 radical (unpaired) electrons. The van der Waals surface area contributed by atoms with Crippen LogP contribution < -0.4 is 0 Å². The molecule has 2 rings (SSSR count). The van der Waals surface area contributed by atoms with Crippen LogP contribution >= 0.6 is 27.5 Å². The molecule has 3 heteroatoms. The molecule has 1 fully saturated rings. The highest BCUT2D eigenvalue weighted by atomic mass is 79.9. The molecule has 0 saturated carbocycles. The van der Waals surface area contributed by atoms with Crippen molar-refractivity contribution in [1.29, 1.82) is 0 Å². The van der Waals surface area contributed by atoms with Gasteiger partial charge < -0.3 is 4.74 Å². The normalized spacial score (nSPS) is 18.4. The summed E-state index contributed by atoms with van der Waals surface area (Å²) in [5.41, 5.74) is 1.36. The minimum Gasteiger partial charge on any atom is -0.381 e. The summed E-state index contributed by atoms with van der Waals surface area (Å²) in [4.78, 5) is 0. The van der Waals surface area contributed by atoms with Crippen LogP contribution in [0.5, 0.6) is 0 Å². The predicted molar refractivity (Wildman–Crippen MR) is 61.9 cm³/mol. The standard InChI is InChI=1S/C11H12BrClO/c12-11-7-9(13)1-2-10(11)8-3-5-14-6-4-8/h1-2,7-8H,3-6H2. The van der Waals surface area contributed by atoms with Gasteiger partial charge in [0.1, 0.15) is 0 Å². The van der Waals surface area contributed by atoms with Gasteiger partial charge in [0.25, 0.3) is 0 Å². The minimum absolute atomic E-state index is 0.621. The molecule has 0 amide bonds. The molecular formula is C11H12BrClO. The fourth-order valence-corrected chi connectivity index (χ4v) is 2.85. The molecule has 0 N–H and O–H groups in total. The van der Waals surface area contributed by atoms with Crippen molar-refractivity contribution < 1.29 is 4.74 Å². The Kier molecular flexibility index (Phi) is 3.47. The molecule has 0 bridgehead atoms. The molecule has 0 spiro atoms. The maximum Gasteiger partial charge on any atom is 0.0471 e. The van der Waals surface area contributed by atoms with Crippen LogP contribution in [0.2, 0.25) is 5.02 Å². The van der Waals surface area contributed by atoms with Gasteiger partial charge in [-0.25, -0.2) is 0 Å². The Hall–Kier alpha value is -0.0500. The lowest BCUT2D eigenvalue weighted by molar-refractivity contribution is 0.0852. The second kappa shape index (κ2) is 4.65. The molecule has 1 aliphatic rings. The largest absolute Gasteiger partial charge is 0.381 e. The second-order valence-electron chi connectivity index (χ2n) is 3.55. The summed E-state index contributed by atoms with van der Waals surface area (Å²) in [5, 5.41) is 0.785. The van der Waals surface area contributed by atoms with Crippen LogP contribution in [0.3, 0.4) is 0 Å². The number of halogens is 2. The van der Waals surface area contributed by atoms with Gasteiger partial charge in [0.05, 0.1) is 0 Å². The van der Waals surface area contributed by atoms with Crippen molar-refractivity contribution in [3.05, 3.63) is 33.3 Å². The third-order valence-electron chi connectivity index (χ3n) is 2.62. The van der Waals surface area contributed by atoms with Gasteiger partial charge in [-0.3, -0.25) is 0 Å². The smallest absolute Gasteiger partial charge is 0.0471 e. The van der Waals surface area contributed by atoms with Crippen molar-refractivity contribution in [1.82, 2.24) is 0 Å². The van der Waals surface area contributed by atoms with Crippen LogP contribution in [-0.2, 0) is 4.74 Å². The summed E-state index contributed by atoms with van der Waals surface area (Å²) >= 11 is 9.46. The van der Waals surface area contributed by atoms with Crippen molar-refractivity contribution in [2.75, 3.05) is 13.2 Å². The van der Waals surface area contributed by atoms with Crippen LogP contribution in [0.1, 0.15) is 24.3 Å². The highest BCUT2D eigenvalue weighted by Gasteiger charge is 2.17. The molecule has 1 aromatic carbocycles. The molecular weight excluding hydrogens is 263 g/mol. The Morgan fingerprint density at radius 3 is 2.64 bits per heavy atom. The van der Waals surface area contributed by atoms with Gasteiger partial charge in [-0.2, -0.15) is 0 Å². The Bertz CT molecular complexity index is 321. The zero-order valence-corrected chi connectivity index (χ0v) is 10.1. The molecule has 1 saturated heterocycles. The lowest BCUT2D eigenvalue weighted by Crippen LogP contribution is -2.14. The lowest BCUT2D eigenvalue weighted by atomic mass is 9.92. The monoisotopic (exact) mass is 274 g/mol. The fourth-order valence-electron chi connectivity index (χ4n) is 1.84. The van der Waals surface area contributed by atoms with Gasteiger partial charge in [-0.05, 0) is 36.5 Å². The van der Waals surface area contributed by atoms with E-state index in [1.807, 2.05) is 12.1 Å². The zero-order chi connectivity index (χ0) is 9.97. The first kappa shape index (κ1) is 10.5. The highest BCUT2D eigenvalue weighted by Crippen LogP contribution is 2.33. The summed E-state index contributed by atoms with van der Waals surface area (Å²) in [6.07, 6.45) is 2.22. The molecule has 1 aromatic rings. The van der Waals surface area contributed by atoms with Crippen molar-refractivity contribution in [2.24, 2.45) is 0 Å². The van der Waals surface area contributed by atoms with E-state index in [9.17, 15) is 0 Å². The van der Waals surface area contributed by atoms with Gasteiger partial charge in [-0.1, -0.05) is 33.6 Å². The van der Waals surface area contributed by atoms with E-state index in [0.717, 1.165) is 35.6 Å². The van der Waals surface area contributed by atoms with Crippen LogP contribution in [0.15, 0.2) is 22.7 Å². The van der Waals surface area contributed by atoms with E-state index in [0.29, 0.717) is 5.92 Å². The van der Waals surface area contributed by atoms with Gasteiger partial charge in [0, 0.05) is 22.7 Å². The number of benzene rings is 1. The lowest BCUT2D eigenvalue weighted by Gasteiger charge is -2.23. The quantitative estimate of drug-likeness (QED) is 0.753. The third-order valence-corrected chi connectivity index (χ3v) is 3.55.